The standard InChI is InChI=1S/C12H15F3N2O.H2O4S/c1-2-9(7-11(16)18)17-10-5-3-8(4-6-10)12(13,14)15;1-5(2,3)4/h3-6,9,17H,2,7H2,1H3,(H2,16,18);(H2,1,2,3,4)/t9-;/m1./s1. The maximum atomic E-state index is 12.3. The number of rotatable bonds is 5. The fourth-order valence-corrected chi connectivity index (χ4v) is 1.53. The fraction of sp³-hybridized carbons (Fsp3) is 0.417. The average molecular weight is 358 g/mol. The molecule has 132 valence electrons. The Balaban J connectivity index is 0.000000841. The Morgan fingerprint density at radius 1 is 1.26 bits per heavy atom. The maximum Gasteiger partial charge on any atom is 0.416 e. The molecular weight excluding hydrogens is 341 g/mol. The topological polar surface area (TPSA) is 130 Å². The predicted molar refractivity (Wildman–Crippen MR) is 77.1 cm³/mol. The number of primary amides is 1. The zero-order valence-electron chi connectivity index (χ0n) is 12.0. The van der Waals surface area contributed by atoms with E-state index in [4.69, 9.17) is 23.3 Å². The molecule has 23 heavy (non-hydrogen) atoms. The number of hydrogen-bond acceptors (Lipinski definition) is 4. The smallest absolute Gasteiger partial charge is 0.382 e. The van der Waals surface area contributed by atoms with Crippen molar-refractivity contribution in [1.29, 1.82) is 0 Å². The molecule has 7 nitrogen and oxygen atoms in total. The Hall–Kier alpha value is -1.85. The molecule has 0 aliphatic rings. The highest BCUT2D eigenvalue weighted by molar-refractivity contribution is 7.79. The van der Waals surface area contributed by atoms with Gasteiger partial charge in [-0.15, -0.1) is 0 Å². The van der Waals surface area contributed by atoms with Gasteiger partial charge in [-0.1, -0.05) is 6.92 Å². The van der Waals surface area contributed by atoms with E-state index in [1.165, 1.54) is 12.1 Å². The number of carbonyl (C=O) groups is 1. The van der Waals surface area contributed by atoms with Gasteiger partial charge in [-0.25, -0.2) is 0 Å². The molecule has 0 spiro atoms. The second-order valence-electron chi connectivity index (χ2n) is 4.44. The molecule has 0 unspecified atom stereocenters. The van der Waals surface area contributed by atoms with Crippen molar-refractivity contribution in [2.45, 2.75) is 32.0 Å². The summed E-state index contributed by atoms with van der Waals surface area (Å²) in [4.78, 5) is 10.8. The number of nitrogens with one attached hydrogen (secondary N) is 1. The van der Waals surface area contributed by atoms with E-state index < -0.39 is 28.0 Å². The minimum absolute atomic E-state index is 0.150. The lowest BCUT2D eigenvalue weighted by molar-refractivity contribution is -0.137. The first-order valence-corrected chi connectivity index (χ1v) is 7.64. The Morgan fingerprint density at radius 2 is 1.70 bits per heavy atom. The second-order valence-corrected chi connectivity index (χ2v) is 5.34. The van der Waals surface area contributed by atoms with Crippen LogP contribution in [0.1, 0.15) is 25.3 Å². The van der Waals surface area contributed by atoms with E-state index in [2.05, 4.69) is 5.32 Å². The Labute approximate surface area is 131 Å². The van der Waals surface area contributed by atoms with Gasteiger partial charge in [0.05, 0.1) is 5.56 Å². The molecule has 1 amide bonds. The molecule has 11 heteroatoms. The van der Waals surface area contributed by atoms with E-state index >= 15 is 0 Å². The second kappa shape index (κ2) is 8.70. The zero-order chi connectivity index (χ0) is 18.3. The Morgan fingerprint density at radius 3 is 2.00 bits per heavy atom. The van der Waals surface area contributed by atoms with Crippen molar-refractivity contribution in [3.05, 3.63) is 29.8 Å². The number of halogens is 3. The average Bonchev–Trinajstić information content (AvgIpc) is 2.35. The first-order valence-electron chi connectivity index (χ1n) is 6.25. The molecular formula is C12H17F3N2O5S. The van der Waals surface area contributed by atoms with Gasteiger partial charge in [-0.05, 0) is 30.7 Å². The van der Waals surface area contributed by atoms with Gasteiger partial charge in [-0.2, -0.15) is 21.6 Å². The molecule has 0 saturated carbocycles. The zero-order valence-corrected chi connectivity index (χ0v) is 12.9. The molecule has 0 fully saturated rings. The molecule has 0 heterocycles. The number of hydrogen-bond donors (Lipinski definition) is 4. The molecule has 1 aromatic rings. The van der Waals surface area contributed by atoms with Crippen molar-refractivity contribution >= 4 is 22.0 Å². The van der Waals surface area contributed by atoms with Crippen LogP contribution in [0.5, 0.6) is 0 Å². The van der Waals surface area contributed by atoms with Gasteiger partial charge in [0.25, 0.3) is 0 Å². The molecule has 1 aromatic carbocycles. The van der Waals surface area contributed by atoms with Gasteiger partial charge in [0.15, 0.2) is 0 Å². The van der Waals surface area contributed by atoms with E-state index in [1.54, 1.807) is 0 Å². The monoisotopic (exact) mass is 358 g/mol. The van der Waals surface area contributed by atoms with Gasteiger partial charge >= 0.3 is 16.6 Å². The third-order valence-corrected chi connectivity index (χ3v) is 2.52. The highest BCUT2D eigenvalue weighted by atomic mass is 32.3. The lowest BCUT2D eigenvalue weighted by Crippen LogP contribution is -2.26. The third-order valence-electron chi connectivity index (χ3n) is 2.52. The van der Waals surface area contributed by atoms with Crippen LogP contribution < -0.4 is 11.1 Å². The largest absolute Gasteiger partial charge is 0.416 e. The lowest BCUT2D eigenvalue weighted by atomic mass is 10.1. The van der Waals surface area contributed by atoms with E-state index in [-0.39, 0.29) is 12.5 Å². The summed E-state index contributed by atoms with van der Waals surface area (Å²) < 4.78 is 68.6. The number of nitrogens with two attached hydrogens (primary N) is 1. The highest BCUT2D eigenvalue weighted by Gasteiger charge is 2.29. The van der Waals surface area contributed by atoms with Gasteiger partial charge < -0.3 is 11.1 Å². The van der Waals surface area contributed by atoms with Gasteiger partial charge in [0, 0.05) is 18.2 Å². The maximum absolute atomic E-state index is 12.3. The van der Waals surface area contributed by atoms with Crippen LogP contribution in [0.25, 0.3) is 0 Å². The predicted octanol–water partition coefficient (Wildman–Crippen LogP) is 2.12. The van der Waals surface area contributed by atoms with Crippen LogP contribution in [-0.2, 0) is 21.4 Å². The number of alkyl halides is 3. The minimum Gasteiger partial charge on any atom is -0.382 e. The summed E-state index contributed by atoms with van der Waals surface area (Å²) in [6.07, 6.45) is -3.53. The van der Waals surface area contributed by atoms with Gasteiger partial charge in [0.1, 0.15) is 0 Å². The van der Waals surface area contributed by atoms with E-state index in [9.17, 15) is 18.0 Å². The summed E-state index contributed by atoms with van der Waals surface area (Å²) >= 11 is 0. The first kappa shape index (κ1) is 21.1. The summed E-state index contributed by atoms with van der Waals surface area (Å²) in [5.41, 5.74) is 4.92. The summed E-state index contributed by atoms with van der Waals surface area (Å²) in [5.74, 6) is -0.443. The van der Waals surface area contributed by atoms with Crippen molar-refractivity contribution in [3.8, 4) is 0 Å². The summed E-state index contributed by atoms with van der Waals surface area (Å²) in [6.45, 7) is 1.87. The molecule has 0 aromatic heterocycles. The normalized spacial score (nSPS) is 12.8. The summed E-state index contributed by atoms with van der Waals surface area (Å²) in [6, 6.07) is 4.51. The van der Waals surface area contributed by atoms with Crippen LogP contribution in [0.3, 0.4) is 0 Å². The molecule has 0 aliphatic carbocycles. The molecule has 0 radical (unpaired) electrons. The van der Waals surface area contributed by atoms with Crippen LogP contribution in [0.15, 0.2) is 24.3 Å². The van der Waals surface area contributed by atoms with Crippen LogP contribution >= 0.6 is 0 Å². The Kier molecular flexibility index (Phi) is 8.00. The van der Waals surface area contributed by atoms with Crippen LogP contribution in [0.2, 0.25) is 0 Å². The number of carbonyl (C=O) groups excluding carboxylic acids is 1. The molecule has 0 aliphatic heterocycles. The fourth-order valence-electron chi connectivity index (χ4n) is 1.53. The van der Waals surface area contributed by atoms with Crippen molar-refractivity contribution in [2.75, 3.05) is 5.32 Å². The third kappa shape index (κ3) is 11.4. The van der Waals surface area contributed by atoms with Crippen LogP contribution in [0.4, 0.5) is 18.9 Å². The van der Waals surface area contributed by atoms with Crippen molar-refractivity contribution in [3.63, 3.8) is 0 Å². The first-order chi connectivity index (χ1) is 10.3. The van der Waals surface area contributed by atoms with Crippen molar-refractivity contribution in [1.82, 2.24) is 0 Å². The summed E-state index contributed by atoms with van der Waals surface area (Å²) in [7, 11) is -4.67. The van der Waals surface area contributed by atoms with E-state index in [0.717, 1.165) is 12.1 Å². The summed E-state index contributed by atoms with van der Waals surface area (Å²) in [5, 5.41) is 2.97. The molecule has 1 atom stereocenters. The number of amides is 1. The molecule has 0 saturated heterocycles. The number of benzene rings is 1. The van der Waals surface area contributed by atoms with Gasteiger partial charge in [-0.3, -0.25) is 13.9 Å². The van der Waals surface area contributed by atoms with E-state index in [1.807, 2.05) is 6.92 Å². The van der Waals surface area contributed by atoms with E-state index in [0.29, 0.717) is 12.1 Å². The lowest BCUT2D eigenvalue weighted by Gasteiger charge is -2.17. The highest BCUT2D eigenvalue weighted by Crippen LogP contribution is 2.30. The quantitative estimate of drug-likeness (QED) is 0.597. The van der Waals surface area contributed by atoms with Crippen molar-refractivity contribution in [2.24, 2.45) is 5.73 Å². The molecule has 0 bridgehead atoms. The molecule has 5 N–H and O–H groups in total. The molecule has 1 rings (SSSR count). The Bertz CT molecular complexity index is 594. The number of anilines is 1. The van der Waals surface area contributed by atoms with Gasteiger partial charge in [0.2, 0.25) is 5.91 Å². The van der Waals surface area contributed by atoms with Crippen LogP contribution in [-0.4, -0.2) is 29.5 Å². The van der Waals surface area contributed by atoms with Crippen LogP contribution in [0, 0.1) is 0 Å². The van der Waals surface area contributed by atoms with Crippen molar-refractivity contribution < 1.29 is 35.5 Å². The SMILES string of the molecule is CC[C@H](CC(N)=O)Nc1ccc(C(F)(F)F)cc1.O=S(=O)(O)O. The minimum atomic E-state index is -4.67.